The zero-order chi connectivity index (χ0) is 13.6. The summed E-state index contributed by atoms with van der Waals surface area (Å²) in [7, 11) is 0. The van der Waals surface area contributed by atoms with E-state index in [1.54, 1.807) is 0 Å². The van der Waals surface area contributed by atoms with Crippen molar-refractivity contribution in [2.75, 3.05) is 6.26 Å². The first-order valence-electron chi connectivity index (χ1n) is 6.05. The molecule has 5 nitrogen and oxygen atoms in total. The number of carboxylic acids is 1. The van der Waals surface area contributed by atoms with Gasteiger partial charge in [0.25, 0.3) is 0 Å². The van der Waals surface area contributed by atoms with Crippen molar-refractivity contribution in [3.8, 4) is 0 Å². The van der Waals surface area contributed by atoms with Crippen molar-refractivity contribution in [2.24, 2.45) is 17.6 Å². The molecule has 2 rings (SSSR count). The van der Waals surface area contributed by atoms with Gasteiger partial charge < -0.3 is 15.7 Å². The maximum absolute atomic E-state index is 12.1. The first kappa shape index (κ1) is 13.4. The Morgan fingerprint density at radius 3 is 2.61 bits per heavy atom. The Labute approximate surface area is 110 Å². The minimum Gasteiger partial charge on any atom is -0.477 e. The van der Waals surface area contributed by atoms with E-state index in [0.717, 1.165) is 11.3 Å². The number of aliphatic carboxylic acids is 1. The maximum Gasteiger partial charge on any atom is 0.353 e. The van der Waals surface area contributed by atoms with Crippen molar-refractivity contribution >= 4 is 23.6 Å². The third-order valence-electron chi connectivity index (χ3n) is 3.84. The van der Waals surface area contributed by atoms with Gasteiger partial charge in [-0.25, -0.2) is 4.79 Å². The molecule has 1 saturated heterocycles. The fourth-order valence-corrected chi connectivity index (χ4v) is 4.08. The van der Waals surface area contributed by atoms with Gasteiger partial charge in [-0.15, -0.1) is 11.8 Å². The van der Waals surface area contributed by atoms with Gasteiger partial charge in [-0.2, -0.15) is 0 Å². The molecule has 0 radical (unpaired) electrons. The van der Waals surface area contributed by atoms with Crippen molar-refractivity contribution < 1.29 is 14.7 Å². The Morgan fingerprint density at radius 1 is 1.61 bits per heavy atom. The molecule has 0 aromatic heterocycles. The van der Waals surface area contributed by atoms with Crippen LogP contribution in [0.3, 0.4) is 0 Å². The largest absolute Gasteiger partial charge is 0.477 e. The molecule has 6 heteroatoms. The molecule has 18 heavy (non-hydrogen) atoms. The Hall–Kier alpha value is -1.01. The monoisotopic (exact) mass is 270 g/mol. The Kier molecular flexibility index (Phi) is 3.42. The second kappa shape index (κ2) is 4.59. The fraction of sp³-hybridized carbons (Fsp3) is 0.667. The van der Waals surface area contributed by atoms with E-state index < -0.39 is 5.97 Å². The first-order chi connectivity index (χ1) is 8.45. The lowest BCUT2D eigenvalue weighted by atomic mass is 9.77. The molecular weight excluding hydrogens is 252 g/mol. The third kappa shape index (κ3) is 1.59. The molecule has 2 aliphatic heterocycles. The van der Waals surface area contributed by atoms with E-state index in [-0.39, 0.29) is 35.5 Å². The molecule has 1 amide bonds. The van der Waals surface area contributed by atoms with E-state index in [1.807, 2.05) is 20.1 Å². The lowest BCUT2D eigenvalue weighted by Gasteiger charge is -2.47. The number of nitrogens with two attached hydrogens (primary N) is 1. The third-order valence-corrected chi connectivity index (χ3v) is 4.78. The van der Waals surface area contributed by atoms with Crippen LogP contribution < -0.4 is 5.73 Å². The van der Waals surface area contributed by atoms with Crippen molar-refractivity contribution in [3.05, 3.63) is 10.6 Å². The molecule has 4 atom stereocenters. The molecule has 100 valence electrons. The van der Waals surface area contributed by atoms with Crippen LogP contribution in [0.25, 0.3) is 0 Å². The number of carboxylic acid groups (broad SMARTS) is 1. The highest BCUT2D eigenvalue weighted by molar-refractivity contribution is 8.02. The maximum atomic E-state index is 12.1. The average molecular weight is 270 g/mol. The molecule has 0 bridgehead atoms. The van der Waals surface area contributed by atoms with Gasteiger partial charge >= 0.3 is 5.97 Å². The molecule has 0 saturated carbocycles. The number of fused-ring (bicyclic) bond motifs is 1. The van der Waals surface area contributed by atoms with Gasteiger partial charge in [-0.3, -0.25) is 4.79 Å². The molecule has 0 unspecified atom stereocenters. The van der Waals surface area contributed by atoms with Crippen molar-refractivity contribution in [2.45, 2.75) is 32.4 Å². The van der Waals surface area contributed by atoms with Crippen molar-refractivity contribution in [3.63, 3.8) is 0 Å². The highest BCUT2D eigenvalue weighted by Gasteiger charge is 2.60. The highest BCUT2D eigenvalue weighted by atomic mass is 32.2. The van der Waals surface area contributed by atoms with Gasteiger partial charge in [-0.05, 0) is 19.6 Å². The van der Waals surface area contributed by atoms with Crippen LogP contribution in [-0.2, 0) is 9.59 Å². The van der Waals surface area contributed by atoms with Crippen LogP contribution in [0.15, 0.2) is 10.6 Å². The van der Waals surface area contributed by atoms with Gasteiger partial charge in [0, 0.05) is 16.9 Å². The van der Waals surface area contributed by atoms with E-state index in [4.69, 9.17) is 5.73 Å². The van der Waals surface area contributed by atoms with E-state index in [1.165, 1.54) is 16.7 Å². The van der Waals surface area contributed by atoms with Crippen LogP contribution in [0.4, 0.5) is 0 Å². The van der Waals surface area contributed by atoms with Gasteiger partial charge in [-0.1, -0.05) is 6.92 Å². The van der Waals surface area contributed by atoms with Crippen LogP contribution in [0.1, 0.15) is 20.3 Å². The number of rotatable bonds is 4. The second-order valence-electron chi connectivity index (χ2n) is 4.82. The summed E-state index contributed by atoms with van der Waals surface area (Å²) in [6.07, 6.45) is 2.68. The molecule has 1 fully saturated rings. The molecule has 0 spiro atoms. The van der Waals surface area contributed by atoms with Crippen molar-refractivity contribution in [1.29, 1.82) is 0 Å². The summed E-state index contributed by atoms with van der Waals surface area (Å²) in [4.78, 5) is 25.7. The van der Waals surface area contributed by atoms with E-state index >= 15 is 0 Å². The Morgan fingerprint density at radius 2 is 2.22 bits per heavy atom. The summed E-state index contributed by atoms with van der Waals surface area (Å²) >= 11 is 1.43. The number of nitrogens with zero attached hydrogens (tertiary/aromatic N) is 1. The van der Waals surface area contributed by atoms with Crippen LogP contribution in [0, 0.1) is 11.8 Å². The highest BCUT2D eigenvalue weighted by Crippen LogP contribution is 2.50. The molecule has 2 aliphatic rings. The number of β-lactam (4-membered cyclic amide) rings is 1. The van der Waals surface area contributed by atoms with E-state index in [9.17, 15) is 14.7 Å². The van der Waals surface area contributed by atoms with Crippen molar-refractivity contribution in [1.82, 2.24) is 4.90 Å². The summed E-state index contributed by atoms with van der Waals surface area (Å²) in [5.41, 5.74) is 6.02. The normalized spacial score (nSPS) is 32.3. The fourth-order valence-electron chi connectivity index (χ4n) is 3.09. The minimum absolute atomic E-state index is 0.0592. The number of thioether (sulfide) groups is 1. The van der Waals surface area contributed by atoms with E-state index in [0.29, 0.717) is 0 Å². The topological polar surface area (TPSA) is 83.6 Å². The molecule has 0 aromatic rings. The SMILES string of the molecule is CC[C@H]1C(SC)=C(C(=O)O)N2C(=O)[C@H]([C@H](C)N)[C@@H]12. The summed E-state index contributed by atoms with van der Waals surface area (Å²) in [6, 6.07) is -0.292. The molecule has 3 N–H and O–H groups in total. The molecular formula is C12H18N2O3S. The Bertz CT molecular complexity index is 433. The van der Waals surface area contributed by atoms with Crippen LogP contribution in [0.2, 0.25) is 0 Å². The second-order valence-corrected chi connectivity index (χ2v) is 5.67. The quantitative estimate of drug-likeness (QED) is 0.740. The lowest BCUT2D eigenvalue weighted by Crippen LogP contribution is -2.65. The lowest BCUT2D eigenvalue weighted by molar-refractivity contribution is -0.157. The Balaban J connectivity index is 2.42. The minimum atomic E-state index is -1.02. The first-order valence-corrected chi connectivity index (χ1v) is 7.28. The summed E-state index contributed by atoms with van der Waals surface area (Å²) < 4.78 is 0. The summed E-state index contributed by atoms with van der Waals surface area (Å²) in [5.74, 6) is -1.29. The number of amides is 1. The smallest absolute Gasteiger partial charge is 0.353 e. The molecule has 0 aliphatic carbocycles. The summed E-state index contributed by atoms with van der Waals surface area (Å²) in [5, 5.41) is 9.30. The zero-order valence-corrected chi connectivity index (χ0v) is 11.5. The number of carbonyl (C=O) groups is 2. The van der Waals surface area contributed by atoms with Gasteiger partial charge in [0.05, 0.1) is 12.0 Å². The van der Waals surface area contributed by atoms with Gasteiger partial charge in [0.2, 0.25) is 5.91 Å². The standard InChI is InChI=1S/C12H18N2O3S/c1-4-6-8-7(5(2)13)11(15)14(8)9(12(16)17)10(6)18-3/h5-8H,4,13H2,1-3H3,(H,16,17)/t5-,6+,7+,8+/m0/s1. The van der Waals surface area contributed by atoms with Crippen LogP contribution in [0.5, 0.6) is 0 Å². The van der Waals surface area contributed by atoms with Gasteiger partial charge in [0.15, 0.2) is 0 Å². The molecule has 0 aromatic carbocycles. The van der Waals surface area contributed by atoms with Gasteiger partial charge in [0.1, 0.15) is 5.70 Å². The van der Waals surface area contributed by atoms with E-state index in [2.05, 4.69) is 0 Å². The summed E-state index contributed by atoms with van der Waals surface area (Å²) in [6.45, 7) is 3.83. The number of hydrogen-bond acceptors (Lipinski definition) is 4. The number of carbonyl (C=O) groups excluding carboxylic acids is 1. The predicted octanol–water partition coefficient (Wildman–Crippen LogP) is 0.860. The average Bonchev–Trinajstić information content (AvgIpc) is 2.58. The predicted molar refractivity (Wildman–Crippen MR) is 69.7 cm³/mol. The number of hydrogen-bond donors (Lipinski definition) is 2. The zero-order valence-electron chi connectivity index (χ0n) is 10.7. The van der Waals surface area contributed by atoms with Crippen LogP contribution in [-0.4, -0.2) is 40.2 Å². The molecule has 2 heterocycles. The van der Waals surface area contributed by atoms with Crippen LogP contribution >= 0.6 is 11.8 Å².